The maximum absolute atomic E-state index is 13.3. The van der Waals surface area contributed by atoms with Gasteiger partial charge in [-0.1, -0.05) is 84.9 Å². The predicted octanol–water partition coefficient (Wildman–Crippen LogP) is 6.74. The number of hydrogen-bond donors (Lipinski definition) is 1. The molecule has 4 nitrogen and oxygen atoms in total. The van der Waals surface area contributed by atoms with E-state index in [-0.39, 0.29) is 5.97 Å². The molecule has 1 N–H and O–H groups in total. The summed E-state index contributed by atoms with van der Waals surface area (Å²) in [6, 6.07) is 29.9. The number of nitrogens with zero attached hydrogens (tertiary/aromatic N) is 1. The molecular formula is C28H22N2O2. The minimum atomic E-state index is -0.354. The monoisotopic (exact) mass is 418 g/mol. The Kier molecular flexibility index (Phi) is 5.26. The van der Waals surface area contributed by atoms with Gasteiger partial charge in [-0.25, -0.2) is 4.79 Å². The maximum Gasteiger partial charge on any atom is 0.340 e. The Hall–Kier alpha value is -4.18. The highest BCUT2D eigenvalue weighted by molar-refractivity contribution is 6.09. The summed E-state index contributed by atoms with van der Waals surface area (Å²) in [5, 5.41) is 2.11. The number of esters is 1. The number of nitrogens with one attached hydrogen (secondary N) is 1. The number of carbonyl (C=O) groups is 1. The Morgan fingerprint density at radius 2 is 1.47 bits per heavy atom. The second-order valence-corrected chi connectivity index (χ2v) is 7.46. The van der Waals surface area contributed by atoms with Crippen molar-refractivity contribution in [3.8, 4) is 33.8 Å². The van der Waals surface area contributed by atoms with Gasteiger partial charge in [0.2, 0.25) is 0 Å². The number of benzene rings is 3. The third-order valence-electron chi connectivity index (χ3n) is 5.51. The van der Waals surface area contributed by atoms with Crippen molar-refractivity contribution >= 4 is 16.7 Å². The van der Waals surface area contributed by atoms with Crippen molar-refractivity contribution in [3.63, 3.8) is 0 Å². The fourth-order valence-electron chi connectivity index (χ4n) is 4.12. The molecule has 0 bridgehead atoms. The van der Waals surface area contributed by atoms with Gasteiger partial charge in [-0.2, -0.15) is 0 Å². The van der Waals surface area contributed by atoms with Crippen LogP contribution < -0.4 is 0 Å². The molecule has 0 atom stereocenters. The zero-order valence-electron chi connectivity index (χ0n) is 17.7. The minimum absolute atomic E-state index is 0.300. The van der Waals surface area contributed by atoms with Crippen LogP contribution in [0.4, 0.5) is 0 Å². The average Bonchev–Trinajstić information content (AvgIpc) is 3.25. The normalized spacial score (nSPS) is 10.9. The fraction of sp³-hybridized carbons (Fsp3) is 0.0714. The second kappa shape index (κ2) is 8.52. The quantitative estimate of drug-likeness (QED) is 0.322. The molecule has 0 unspecified atom stereocenters. The molecule has 0 saturated carbocycles. The van der Waals surface area contributed by atoms with E-state index in [1.807, 2.05) is 85.8 Å². The summed E-state index contributed by atoms with van der Waals surface area (Å²) in [6.45, 7) is 2.12. The number of aromatic amines is 1. The number of hydrogen-bond acceptors (Lipinski definition) is 3. The Morgan fingerprint density at radius 1 is 0.812 bits per heavy atom. The third-order valence-corrected chi connectivity index (χ3v) is 5.51. The molecule has 2 heterocycles. The Labute approximate surface area is 186 Å². The van der Waals surface area contributed by atoms with Gasteiger partial charge in [-0.3, -0.25) is 4.98 Å². The first-order chi connectivity index (χ1) is 15.8. The van der Waals surface area contributed by atoms with E-state index in [9.17, 15) is 4.79 Å². The highest BCUT2D eigenvalue weighted by Gasteiger charge is 2.28. The number of carbonyl (C=O) groups excluding carboxylic acids is 1. The number of aromatic nitrogens is 2. The number of fused-ring (bicyclic) bond motifs is 1. The Bertz CT molecular complexity index is 1380. The van der Waals surface area contributed by atoms with Crippen molar-refractivity contribution in [2.75, 3.05) is 6.61 Å². The van der Waals surface area contributed by atoms with Crippen molar-refractivity contribution < 1.29 is 9.53 Å². The van der Waals surface area contributed by atoms with Crippen LogP contribution in [0, 0.1) is 0 Å². The highest BCUT2D eigenvalue weighted by Crippen LogP contribution is 2.42. The smallest absolute Gasteiger partial charge is 0.340 e. The van der Waals surface area contributed by atoms with E-state index in [2.05, 4.69) is 17.1 Å². The molecule has 0 saturated heterocycles. The van der Waals surface area contributed by atoms with Gasteiger partial charge >= 0.3 is 5.97 Å². The minimum Gasteiger partial charge on any atom is -0.462 e. The molecule has 2 aromatic heterocycles. The van der Waals surface area contributed by atoms with Gasteiger partial charge in [0, 0.05) is 17.1 Å². The van der Waals surface area contributed by atoms with Gasteiger partial charge < -0.3 is 9.72 Å². The number of rotatable bonds is 5. The van der Waals surface area contributed by atoms with Crippen LogP contribution in [0.25, 0.3) is 44.5 Å². The van der Waals surface area contributed by atoms with Gasteiger partial charge in [-0.15, -0.1) is 0 Å². The highest BCUT2D eigenvalue weighted by atomic mass is 16.5. The molecule has 0 aliphatic rings. The summed E-state index contributed by atoms with van der Waals surface area (Å²) in [7, 11) is 0. The van der Waals surface area contributed by atoms with Gasteiger partial charge in [0.25, 0.3) is 0 Å². The van der Waals surface area contributed by atoms with Crippen LogP contribution in [0.15, 0.2) is 97.2 Å². The number of H-pyrrole nitrogens is 1. The van der Waals surface area contributed by atoms with Crippen LogP contribution >= 0.6 is 0 Å². The standard InChI is InChI=1S/C28H22N2O2/c1-2-32-28(31)24-23(20-12-5-3-6-13-20)27(30-25(24)21-14-7-4-8-15-21)26-22-16-10-9-11-19(22)17-18-29-26/h3-18,30H,2H2,1H3. The molecule has 0 fully saturated rings. The molecule has 0 amide bonds. The topological polar surface area (TPSA) is 55.0 Å². The van der Waals surface area contributed by atoms with Crippen molar-refractivity contribution in [3.05, 3.63) is 103 Å². The summed E-state index contributed by atoms with van der Waals surface area (Å²) < 4.78 is 5.51. The molecule has 5 aromatic rings. The van der Waals surface area contributed by atoms with Crippen LogP contribution in [0.2, 0.25) is 0 Å². The van der Waals surface area contributed by atoms with E-state index in [0.717, 1.165) is 44.5 Å². The third kappa shape index (κ3) is 3.46. The van der Waals surface area contributed by atoms with Gasteiger partial charge in [0.15, 0.2) is 0 Å². The van der Waals surface area contributed by atoms with Crippen LogP contribution in [-0.4, -0.2) is 22.5 Å². The number of ether oxygens (including phenoxy) is 1. The SMILES string of the molecule is CCOC(=O)c1c(-c2ccccc2)[nH]c(-c2nccc3ccccc23)c1-c1ccccc1. The van der Waals surface area contributed by atoms with E-state index in [1.54, 1.807) is 6.20 Å². The number of pyridine rings is 1. The van der Waals surface area contributed by atoms with Gasteiger partial charge in [0.05, 0.1) is 29.3 Å². The first-order valence-corrected chi connectivity index (χ1v) is 10.7. The molecule has 5 rings (SSSR count). The van der Waals surface area contributed by atoms with Crippen LogP contribution in [0.3, 0.4) is 0 Å². The van der Waals surface area contributed by atoms with Crippen molar-refractivity contribution in [2.24, 2.45) is 0 Å². The lowest BCUT2D eigenvalue weighted by molar-refractivity contribution is 0.0528. The Balaban J connectivity index is 1.89. The summed E-state index contributed by atoms with van der Waals surface area (Å²) in [6.07, 6.45) is 1.81. The van der Waals surface area contributed by atoms with E-state index >= 15 is 0 Å². The lowest BCUT2D eigenvalue weighted by Gasteiger charge is -2.10. The predicted molar refractivity (Wildman–Crippen MR) is 128 cm³/mol. The maximum atomic E-state index is 13.3. The van der Waals surface area contributed by atoms with E-state index in [4.69, 9.17) is 9.72 Å². The molecule has 3 aromatic carbocycles. The fourth-order valence-corrected chi connectivity index (χ4v) is 4.12. The lowest BCUT2D eigenvalue weighted by Crippen LogP contribution is -2.06. The van der Waals surface area contributed by atoms with Gasteiger partial charge in [-0.05, 0) is 29.5 Å². The van der Waals surface area contributed by atoms with Gasteiger partial charge in [0.1, 0.15) is 0 Å². The van der Waals surface area contributed by atoms with Crippen molar-refractivity contribution in [1.82, 2.24) is 9.97 Å². The zero-order valence-corrected chi connectivity index (χ0v) is 17.7. The first-order valence-electron chi connectivity index (χ1n) is 10.7. The molecule has 0 aliphatic heterocycles. The first kappa shape index (κ1) is 19.8. The van der Waals surface area contributed by atoms with E-state index < -0.39 is 0 Å². The summed E-state index contributed by atoms with van der Waals surface area (Å²) in [4.78, 5) is 21.6. The van der Waals surface area contributed by atoms with Crippen LogP contribution in [-0.2, 0) is 4.74 Å². The summed E-state index contributed by atoms with van der Waals surface area (Å²) in [5.41, 5.74) is 5.50. The molecule has 32 heavy (non-hydrogen) atoms. The summed E-state index contributed by atoms with van der Waals surface area (Å²) >= 11 is 0. The molecule has 0 aliphatic carbocycles. The van der Waals surface area contributed by atoms with Crippen LogP contribution in [0.5, 0.6) is 0 Å². The van der Waals surface area contributed by atoms with Crippen molar-refractivity contribution in [2.45, 2.75) is 6.92 Å². The molecule has 0 spiro atoms. The molecule has 156 valence electrons. The molecular weight excluding hydrogens is 396 g/mol. The Morgan fingerprint density at radius 3 is 2.19 bits per heavy atom. The van der Waals surface area contributed by atoms with E-state index in [1.165, 1.54) is 0 Å². The zero-order chi connectivity index (χ0) is 21.9. The average molecular weight is 418 g/mol. The summed E-state index contributed by atoms with van der Waals surface area (Å²) in [5.74, 6) is -0.354. The molecule has 0 radical (unpaired) electrons. The van der Waals surface area contributed by atoms with E-state index in [0.29, 0.717) is 12.2 Å². The largest absolute Gasteiger partial charge is 0.462 e. The second-order valence-electron chi connectivity index (χ2n) is 7.46. The molecule has 4 heteroatoms. The van der Waals surface area contributed by atoms with Crippen LogP contribution in [0.1, 0.15) is 17.3 Å². The lowest BCUT2D eigenvalue weighted by atomic mass is 9.95. The van der Waals surface area contributed by atoms with Crippen molar-refractivity contribution in [1.29, 1.82) is 0 Å².